The van der Waals surface area contributed by atoms with E-state index in [0.29, 0.717) is 18.8 Å². The predicted octanol–water partition coefficient (Wildman–Crippen LogP) is 2.42. The number of rotatable bonds is 3. The van der Waals surface area contributed by atoms with Gasteiger partial charge in [-0.15, -0.1) is 0 Å². The quantitative estimate of drug-likeness (QED) is 0.848. The minimum absolute atomic E-state index is 0.0635. The van der Waals surface area contributed by atoms with Gasteiger partial charge < -0.3 is 4.74 Å². The predicted molar refractivity (Wildman–Crippen MR) is 92.6 cm³/mol. The molecule has 0 aliphatic carbocycles. The Morgan fingerprint density at radius 3 is 2.00 bits per heavy atom. The molecule has 0 atom stereocenters. The number of sulfonamides is 1. The molecule has 0 bridgehead atoms. The fourth-order valence-corrected chi connectivity index (χ4v) is 4.51. The van der Waals surface area contributed by atoms with Crippen LogP contribution >= 0.6 is 0 Å². The van der Waals surface area contributed by atoms with Crippen molar-refractivity contribution in [1.29, 1.82) is 0 Å². The van der Waals surface area contributed by atoms with Crippen molar-refractivity contribution in [3.8, 4) is 5.75 Å². The van der Waals surface area contributed by atoms with Crippen molar-refractivity contribution in [2.45, 2.75) is 45.1 Å². The summed E-state index contributed by atoms with van der Waals surface area (Å²) in [5, 5.41) is 0. The van der Waals surface area contributed by atoms with E-state index in [9.17, 15) is 8.42 Å². The Balaban J connectivity index is 2.29. The molecule has 1 fully saturated rings. The normalized spacial score (nSPS) is 18.2. The second-order valence-electron chi connectivity index (χ2n) is 7.15. The summed E-state index contributed by atoms with van der Waals surface area (Å²) in [5.74, 6) is 0.423. The van der Waals surface area contributed by atoms with Gasteiger partial charge in [0.05, 0.1) is 7.11 Å². The maximum atomic E-state index is 13.0. The molecule has 130 valence electrons. The SMILES string of the molecule is COc1cc(C)c(C)cc1S(=O)(=O)N1CCN(C(C)(C)C)CC1. The molecule has 1 aliphatic heterocycles. The van der Waals surface area contributed by atoms with Crippen LogP contribution in [0.2, 0.25) is 0 Å². The lowest BCUT2D eigenvalue weighted by Gasteiger charge is -2.41. The largest absolute Gasteiger partial charge is 0.495 e. The Labute approximate surface area is 140 Å². The van der Waals surface area contributed by atoms with Gasteiger partial charge in [0.1, 0.15) is 10.6 Å². The zero-order chi connectivity index (χ0) is 17.4. The Hall–Kier alpha value is -1.11. The van der Waals surface area contributed by atoms with Crippen LogP contribution in [0.15, 0.2) is 17.0 Å². The zero-order valence-corrected chi connectivity index (χ0v) is 15.8. The van der Waals surface area contributed by atoms with Crippen molar-refractivity contribution < 1.29 is 13.2 Å². The number of hydrogen-bond acceptors (Lipinski definition) is 4. The van der Waals surface area contributed by atoms with Crippen molar-refractivity contribution in [1.82, 2.24) is 9.21 Å². The van der Waals surface area contributed by atoms with Crippen molar-refractivity contribution >= 4 is 10.0 Å². The fraction of sp³-hybridized carbons (Fsp3) is 0.647. The Morgan fingerprint density at radius 2 is 1.52 bits per heavy atom. The van der Waals surface area contributed by atoms with Crippen LogP contribution in [0.4, 0.5) is 0 Å². The van der Waals surface area contributed by atoms with Gasteiger partial charge in [-0.2, -0.15) is 4.31 Å². The van der Waals surface area contributed by atoms with E-state index >= 15 is 0 Å². The van der Waals surface area contributed by atoms with E-state index in [2.05, 4.69) is 25.7 Å². The molecule has 1 aromatic rings. The van der Waals surface area contributed by atoms with Crippen molar-refractivity contribution in [3.05, 3.63) is 23.3 Å². The number of ether oxygens (including phenoxy) is 1. The highest BCUT2D eigenvalue weighted by atomic mass is 32.2. The van der Waals surface area contributed by atoms with Gasteiger partial charge in [0, 0.05) is 31.7 Å². The van der Waals surface area contributed by atoms with Crippen molar-refractivity contribution in [2.75, 3.05) is 33.3 Å². The number of hydrogen-bond donors (Lipinski definition) is 0. The number of aryl methyl sites for hydroxylation is 2. The van der Waals surface area contributed by atoms with Gasteiger partial charge in [0.2, 0.25) is 10.0 Å². The van der Waals surface area contributed by atoms with Gasteiger partial charge in [-0.1, -0.05) is 0 Å². The minimum Gasteiger partial charge on any atom is -0.495 e. The van der Waals surface area contributed by atoms with Gasteiger partial charge in [-0.05, 0) is 57.9 Å². The van der Waals surface area contributed by atoms with Gasteiger partial charge in [-0.3, -0.25) is 4.90 Å². The third-order valence-electron chi connectivity index (χ3n) is 4.59. The van der Waals surface area contributed by atoms with Crippen LogP contribution in [0.1, 0.15) is 31.9 Å². The smallest absolute Gasteiger partial charge is 0.246 e. The lowest BCUT2D eigenvalue weighted by Crippen LogP contribution is -2.54. The van der Waals surface area contributed by atoms with Crippen LogP contribution in [0, 0.1) is 13.8 Å². The highest BCUT2D eigenvalue weighted by Gasteiger charge is 2.33. The second-order valence-corrected chi connectivity index (χ2v) is 9.06. The number of benzene rings is 1. The molecule has 0 aromatic heterocycles. The van der Waals surface area contributed by atoms with Crippen molar-refractivity contribution in [3.63, 3.8) is 0 Å². The molecule has 5 nitrogen and oxygen atoms in total. The number of piperazine rings is 1. The average molecular weight is 340 g/mol. The molecule has 0 spiro atoms. The average Bonchev–Trinajstić information content (AvgIpc) is 2.48. The molecular formula is C17H28N2O3S. The van der Waals surface area contributed by atoms with Crippen molar-refractivity contribution in [2.24, 2.45) is 0 Å². The van der Waals surface area contributed by atoms with E-state index in [1.807, 2.05) is 13.8 Å². The minimum atomic E-state index is -3.53. The Kier molecular flexibility index (Phi) is 5.09. The molecular weight excluding hydrogens is 312 g/mol. The topological polar surface area (TPSA) is 49.9 Å². The van der Waals surface area contributed by atoms with Crippen LogP contribution in [0.5, 0.6) is 5.75 Å². The van der Waals surface area contributed by atoms with E-state index in [0.717, 1.165) is 24.2 Å². The number of nitrogens with zero attached hydrogens (tertiary/aromatic N) is 2. The van der Waals surface area contributed by atoms with Crippen LogP contribution in [0.3, 0.4) is 0 Å². The molecule has 0 amide bonds. The van der Waals surface area contributed by atoms with Gasteiger partial charge in [-0.25, -0.2) is 8.42 Å². The molecule has 2 rings (SSSR count). The van der Waals surface area contributed by atoms with E-state index in [-0.39, 0.29) is 10.4 Å². The first-order valence-corrected chi connectivity index (χ1v) is 9.42. The van der Waals surface area contributed by atoms with E-state index in [1.165, 1.54) is 7.11 Å². The lowest BCUT2D eigenvalue weighted by atomic mass is 10.1. The van der Waals surface area contributed by atoms with E-state index in [4.69, 9.17) is 4.74 Å². The highest BCUT2D eigenvalue weighted by Crippen LogP contribution is 2.30. The zero-order valence-electron chi connectivity index (χ0n) is 15.0. The monoisotopic (exact) mass is 340 g/mol. The maximum Gasteiger partial charge on any atom is 0.246 e. The molecule has 0 radical (unpaired) electrons. The summed E-state index contributed by atoms with van der Waals surface area (Å²) in [4.78, 5) is 2.59. The molecule has 1 saturated heterocycles. The molecule has 23 heavy (non-hydrogen) atoms. The first-order chi connectivity index (χ1) is 10.6. The standard InChI is InChI=1S/C17H28N2O3S/c1-13-11-15(22-6)16(12-14(13)2)23(20,21)19-9-7-18(8-10-19)17(3,4)5/h11-12H,7-10H2,1-6H3. The van der Waals surface area contributed by atoms with Gasteiger partial charge in [0.25, 0.3) is 0 Å². The summed E-state index contributed by atoms with van der Waals surface area (Å²) in [6.45, 7) is 12.9. The Bertz CT molecular complexity index is 670. The summed E-state index contributed by atoms with van der Waals surface area (Å²) in [6.07, 6.45) is 0. The van der Waals surface area contributed by atoms with E-state index < -0.39 is 10.0 Å². The summed E-state index contributed by atoms with van der Waals surface area (Å²) >= 11 is 0. The summed E-state index contributed by atoms with van der Waals surface area (Å²) in [5.41, 5.74) is 2.05. The lowest BCUT2D eigenvalue weighted by molar-refractivity contribution is 0.0921. The van der Waals surface area contributed by atoms with Crippen LogP contribution < -0.4 is 4.74 Å². The van der Waals surface area contributed by atoms with Crippen LogP contribution in [-0.4, -0.2) is 56.5 Å². The Morgan fingerprint density at radius 1 is 1.00 bits per heavy atom. The van der Waals surface area contributed by atoms with Crippen LogP contribution in [0.25, 0.3) is 0 Å². The molecule has 1 aromatic carbocycles. The number of methoxy groups -OCH3 is 1. The third-order valence-corrected chi connectivity index (χ3v) is 6.50. The fourth-order valence-electron chi connectivity index (χ4n) is 2.86. The molecule has 1 heterocycles. The van der Waals surface area contributed by atoms with Gasteiger partial charge in [0.15, 0.2) is 0 Å². The highest BCUT2D eigenvalue weighted by molar-refractivity contribution is 7.89. The van der Waals surface area contributed by atoms with Gasteiger partial charge >= 0.3 is 0 Å². The summed E-state index contributed by atoms with van der Waals surface area (Å²) < 4.78 is 32.9. The molecule has 0 N–H and O–H groups in total. The van der Waals surface area contributed by atoms with E-state index in [1.54, 1.807) is 16.4 Å². The van der Waals surface area contributed by atoms with Crippen LogP contribution in [-0.2, 0) is 10.0 Å². The first kappa shape index (κ1) is 18.2. The second kappa shape index (κ2) is 6.42. The first-order valence-electron chi connectivity index (χ1n) is 7.98. The summed E-state index contributed by atoms with van der Waals surface area (Å²) in [7, 11) is -2.02. The molecule has 1 aliphatic rings. The maximum absolute atomic E-state index is 13.0. The molecule has 0 saturated carbocycles. The molecule has 6 heteroatoms. The molecule has 0 unspecified atom stereocenters. The third kappa shape index (κ3) is 3.70. The summed E-state index contributed by atoms with van der Waals surface area (Å²) in [6, 6.07) is 3.52.